The van der Waals surface area contributed by atoms with E-state index in [1.807, 2.05) is 27.2 Å². The Bertz CT molecular complexity index is 1120. The zero-order valence-electron chi connectivity index (χ0n) is 42.3. The largest absolute Gasteiger partial charge is 0.756 e. The van der Waals surface area contributed by atoms with Crippen molar-refractivity contribution in [2.24, 2.45) is 0 Å². The van der Waals surface area contributed by atoms with Gasteiger partial charge in [0, 0.05) is 6.42 Å². The Morgan fingerprint density at radius 1 is 0.556 bits per heavy atom. The molecule has 0 rings (SSSR count). The molecule has 0 fully saturated rings. The summed E-state index contributed by atoms with van der Waals surface area (Å²) >= 11 is 0. The molecule has 8 nitrogen and oxygen atoms in total. The van der Waals surface area contributed by atoms with Crippen LogP contribution in [0.1, 0.15) is 251 Å². The standard InChI is InChI=1S/C54H105N2O6P/c1-6-8-10-12-13-14-15-16-17-18-19-20-21-22-23-24-25-26-27-28-29-30-31-32-33-34-35-36-37-38-39-40-41-42-43-44-46-48-54(58)55-52(53(57)47-45-11-9-7-2)51-62-63(59,60)61-50-49-56(3,4)5/h15-16,18-19,45,47,52-53,57H,6-14,17,20-44,46,48-51H2,1-5H3,(H-,55,58,59,60)/b16-15-,19-18-,47-45+. The minimum absolute atomic E-state index is 0.000847. The SMILES string of the molecule is CCCC/C=C/C(O)C(COP(=O)([O-])OCC[N+](C)(C)C)NC(=O)CCCCCCCCCCCCCCCCCCCCCCCCCCC/C=C\C/C=C\CCCCCCC. The quantitative estimate of drug-likeness (QED) is 0.0272. The highest BCUT2D eigenvalue weighted by atomic mass is 31.2. The maximum atomic E-state index is 12.7. The number of nitrogens with one attached hydrogen (secondary N) is 1. The zero-order valence-corrected chi connectivity index (χ0v) is 43.2. The molecule has 0 aromatic heterocycles. The second-order valence-corrected chi connectivity index (χ2v) is 21.0. The summed E-state index contributed by atoms with van der Waals surface area (Å²) in [6, 6.07) is -0.879. The van der Waals surface area contributed by atoms with E-state index in [-0.39, 0.29) is 19.1 Å². The number of nitrogens with zero attached hydrogens (tertiary/aromatic N) is 1. The number of phosphoric acid groups is 1. The fourth-order valence-corrected chi connectivity index (χ4v) is 8.54. The fourth-order valence-electron chi connectivity index (χ4n) is 7.82. The minimum Gasteiger partial charge on any atom is -0.756 e. The number of aliphatic hydroxyl groups is 1. The van der Waals surface area contributed by atoms with Gasteiger partial charge in [-0.05, 0) is 44.9 Å². The van der Waals surface area contributed by atoms with E-state index < -0.39 is 20.0 Å². The highest BCUT2D eigenvalue weighted by Crippen LogP contribution is 2.38. The van der Waals surface area contributed by atoms with Crippen LogP contribution in [0.4, 0.5) is 0 Å². The molecule has 0 saturated carbocycles. The number of aliphatic hydroxyl groups excluding tert-OH is 1. The van der Waals surface area contributed by atoms with Gasteiger partial charge in [-0.1, -0.05) is 237 Å². The first kappa shape index (κ1) is 61.7. The monoisotopic (exact) mass is 909 g/mol. The molecule has 0 bridgehead atoms. The second kappa shape index (κ2) is 45.9. The van der Waals surface area contributed by atoms with Crippen LogP contribution in [-0.4, -0.2) is 68.5 Å². The molecule has 3 atom stereocenters. The fraction of sp³-hybridized carbons (Fsp3) is 0.870. The normalized spacial score (nSPS) is 14.3. The Balaban J connectivity index is 3.66. The van der Waals surface area contributed by atoms with Crippen molar-refractivity contribution in [1.29, 1.82) is 0 Å². The lowest BCUT2D eigenvalue weighted by Crippen LogP contribution is -2.45. The van der Waals surface area contributed by atoms with Gasteiger partial charge < -0.3 is 28.8 Å². The molecule has 0 saturated heterocycles. The summed E-state index contributed by atoms with van der Waals surface area (Å²) in [6.07, 6.45) is 58.9. The van der Waals surface area contributed by atoms with E-state index in [0.29, 0.717) is 17.4 Å². The van der Waals surface area contributed by atoms with E-state index >= 15 is 0 Å². The van der Waals surface area contributed by atoms with E-state index in [2.05, 4.69) is 43.5 Å². The summed E-state index contributed by atoms with van der Waals surface area (Å²) in [5.74, 6) is -0.203. The van der Waals surface area contributed by atoms with Crippen LogP contribution in [0.3, 0.4) is 0 Å². The van der Waals surface area contributed by atoms with Crippen molar-refractivity contribution in [3.05, 3.63) is 36.5 Å². The van der Waals surface area contributed by atoms with Crippen LogP contribution < -0.4 is 10.2 Å². The number of carbonyl (C=O) groups excluding carboxylic acids is 1. The van der Waals surface area contributed by atoms with Crippen LogP contribution in [0.15, 0.2) is 36.5 Å². The Morgan fingerprint density at radius 2 is 0.937 bits per heavy atom. The molecule has 3 unspecified atom stereocenters. The minimum atomic E-state index is -4.57. The van der Waals surface area contributed by atoms with Gasteiger partial charge in [-0.25, -0.2) is 0 Å². The Morgan fingerprint density at radius 3 is 1.35 bits per heavy atom. The molecule has 0 heterocycles. The average Bonchev–Trinajstić information content (AvgIpc) is 3.24. The maximum absolute atomic E-state index is 12.7. The van der Waals surface area contributed by atoms with Crippen molar-refractivity contribution in [1.82, 2.24) is 5.32 Å². The first-order valence-corrected chi connectivity index (χ1v) is 28.3. The zero-order chi connectivity index (χ0) is 46.4. The van der Waals surface area contributed by atoms with Gasteiger partial charge in [-0.3, -0.25) is 9.36 Å². The molecule has 63 heavy (non-hydrogen) atoms. The molecule has 372 valence electrons. The molecular weight excluding hydrogens is 804 g/mol. The van der Waals surface area contributed by atoms with Gasteiger partial charge in [0.25, 0.3) is 7.82 Å². The molecule has 1 amide bonds. The molecule has 0 spiro atoms. The smallest absolute Gasteiger partial charge is 0.268 e. The van der Waals surface area contributed by atoms with E-state index in [9.17, 15) is 19.4 Å². The molecule has 0 aliphatic rings. The number of amides is 1. The number of hydrogen-bond acceptors (Lipinski definition) is 6. The molecule has 0 aromatic rings. The average molecular weight is 909 g/mol. The van der Waals surface area contributed by atoms with Crippen molar-refractivity contribution >= 4 is 13.7 Å². The number of rotatable bonds is 49. The van der Waals surface area contributed by atoms with Crippen LogP contribution >= 0.6 is 7.82 Å². The van der Waals surface area contributed by atoms with E-state index in [0.717, 1.165) is 44.9 Å². The van der Waals surface area contributed by atoms with E-state index in [1.165, 1.54) is 186 Å². The van der Waals surface area contributed by atoms with Gasteiger partial charge >= 0.3 is 0 Å². The third-order valence-electron chi connectivity index (χ3n) is 12.1. The third-order valence-corrected chi connectivity index (χ3v) is 13.1. The Labute approximate surface area is 391 Å². The van der Waals surface area contributed by atoms with Crippen LogP contribution in [0.2, 0.25) is 0 Å². The number of hydrogen-bond donors (Lipinski definition) is 2. The van der Waals surface area contributed by atoms with Crippen LogP contribution in [0.25, 0.3) is 0 Å². The van der Waals surface area contributed by atoms with Crippen LogP contribution in [-0.2, 0) is 18.4 Å². The van der Waals surface area contributed by atoms with Crippen molar-refractivity contribution in [2.45, 2.75) is 264 Å². The first-order chi connectivity index (χ1) is 30.5. The topological polar surface area (TPSA) is 108 Å². The van der Waals surface area contributed by atoms with Crippen molar-refractivity contribution in [3.8, 4) is 0 Å². The summed E-state index contributed by atoms with van der Waals surface area (Å²) in [5, 5.41) is 13.5. The number of carbonyl (C=O) groups is 1. The summed E-state index contributed by atoms with van der Waals surface area (Å²) in [5.41, 5.74) is 0. The number of likely N-dealkylation sites (N-methyl/N-ethyl adjacent to an activating group) is 1. The predicted octanol–water partition coefficient (Wildman–Crippen LogP) is 15.2. The van der Waals surface area contributed by atoms with Crippen molar-refractivity contribution in [2.75, 3.05) is 40.9 Å². The van der Waals surface area contributed by atoms with Gasteiger partial charge in [-0.15, -0.1) is 0 Å². The molecule has 9 heteroatoms. The number of allylic oxidation sites excluding steroid dienone is 5. The second-order valence-electron chi connectivity index (χ2n) is 19.6. The lowest BCUT2D eigenvalue weighted by Gasteiger charge is -2.29. The first-order valence-electron chi connectivity index (χ1n) is 26.9. The van der Waals surface area contributed by atoms with Crippen molar-refractivity contribution < 1.29 is 32.9 Å². The lowest BCUT2D eigenvalue weighted by atomic mass is 10.0. The van der Waals surface area contributed by atoms with Crippen LogP contribution in [0.5, 0.6) is 0 Å². The summed E-state index contributed by atoms with van der Waals surface area (Å²) in [6.45, 7) is 4.49. The van der Waals surface area contributed by atoms with Crippen LogP contribution in [0, 0.1) is 0 Å². The third kappa shape index (κ3) is 48.5. The van der Waals surface area contributed by atoms with Gasteiger partial charge in [0.05, 0.1) is 39.9 Å². The molecule has 0 radical (unpaired) electrons. The Hall–Kier alpha value is -1.28. The number of phosphoric ester groups is 1. The molecule has 0 aromatic carbocycles. The van der Waals surface area contributed by atoms with Gasteiger partial charge in [0.15, 0.2) is 0 Å². The molecule has 2 N–H and O–H groups in total. The molecule has 0 aliphatic heterocycles. The maximum Gasteiger partial charge on any atom is 0.268 e. The van der Waals surface area contributed by atoms with Crippen molar-refractivity contribution in [3.63, 3.8) is 0 Å². The number of quaternary nitrogens is 1. The van der Waals surface area contributed by atoms with Gasteiger partial charge in [-0.2, -0.15) is 0 Å². The van der Waals surface area contributed by atoms with E-state index in [4.69, 9.17) is 9.05 Å². The molecule has 0 aliphatic carbocycles. The van der Waals surface area contributed by atoms with E-state index in [1.54, 1.807) is 6.08 Å². The lowest BCUT2D eigenvalue weighted by molar-refractivity contribution is -0.870. The summed E-state index contributed by atoms with van der Waals surface area (Å²) < 4.78 is 23.0. The summed E-state index contributed by atoms with van der Waals surface area (Å²) in [4.78, 5) is 25.1. The van der Waals surface area contributed by atoms with Gasteiger partial charge in [0.2, 0.25) is 5.91 Å². The number of unbranched alkanes of at least 4 members (excludes halogenated alkanes) is 32. The van der Waals surface area contributed by atoms with Gasteiger partial charge in [0.1, 0.15) is 13.2 Å². The highest BCUT2D eigenvalue weighted by molar-refractivity contribution is 7.45. The predicted molar refractivity (Wildman–Crippen MR) is 270 cm³/mol. The summed E-state index contributed by atoms with van der Waals surface area (Å²) in [7, 11) is 1.26. The molecular formula is C54H105N2O6P. The highest BCUT2D eigenvalue weighted by Gasteiger charge is 2.23. The Kier molecular flexibility index (Phi) is 44.9.